The molecule has 2 rings (SSSR count). The maximum Gasteiger partial charge on any atom is 0.410 e. The number of amides is 2. The van der Waals surface area contributed by atoms with Gasteiger partial charge in [-0.05, 0) is 34.6 Å². The lowest BCUT2D eigenvalue weighted by atomic mass is 10.1. The summed E-state index contributed by atoms with van der Waals surface area (Å²) in [6.45, 7) is 13.4. The lowest BCUT2D eigenvalue weighted by Gasteiger charge is -2.35. The minimum Gasteiger partial charge on any atom is -0.444 e. The molecule has 1 N–H and O–H groups in total. The van der Waals surface area contributed by atoms with Crippen molar-refractivity contribution in [2.45, 2.75) is 46.6 Å². The van der Waals surface area contributed by atoms with E-state index in [1.165, 1.54) is 0 Å². The number of nitrogens with one attached hydrogen (secondary N) is 1. The van der Waals surface area contributed by atoms with E-state index in [0.717, 1.165) is 30.9 Å². The topological polar surface area (TPSA) is 87.9 Å². The number of rotatable bonds is 5. The summed E-state index contributed by atoms with van der Waals surface area (Å²) in [4.78, 5) is 28.1. The van der Waals surface area contributed by atoms with Crippen molar-refractivity contribution in [3.05, 3.63) is 17.0 Å². The molecule has 1 aromatic heterocycles. The maximum absolute atomic E-state index is 12.1. The zero-order valence-corrected chi connectivity index (χ0v) is 16.4. The Bertz CT molecular complexity index is 608. The molecule has 1 aromatic rings. The standard InChI is InChI=1S/C18H30N4O4/c1-13-15(14(2)26-20-13)12-16(23)19-6-7-21-8-10-22(11-9-21)17(24)25-18(3,4)5/h6-12H2,1-5H3,(H,19,23). The molecule has 0 saturated carbocycles. The minimum atomic E-state index is -0.473. The fraction of sp³-hybridized carbons (Fsp3) is 0.722. The van der Waals surface area contributed by atoms with E-state index in [0.29, 0.717) is 25.4 Å². The number of piperazine rings is 1. The van der Waals surface area contributed by atoms with Gasteiger partial charge in [0.05, 0.1) is 12.1 Å². The Morgan fingerprint density at radius 3 is 2.38 bits per heavy atom. The molecule has 0 aliphatic carbocycles. The van der Waals surface area contributed by atoms with E-state index in [-0.39, 0.29) is 18.4 Å². The van der Waals surface area contributed by atoms with E-state index in [9.17, 15) is 9.59 Å². The van der Waals surface area contributed by atoms with Crippen molar-refractivity contribution >= 4 is 12.0 Å². The van der Waals surface area contributed by atoms with Crippen LogP contribution in [0.2, 0.25) is 0 Å². The van der Waals surface area contributed by atoms with Gasteiger partial charge in [0, 0.05) is 44.8 Å². The summed E-state index contributed by atoms with van der Waals surface area (Å²) in [6, 6.07) is 0. The third-order valence-corrected chi connectivity index (χ3v) is 4.29. The molecule has 2 heterocycles. The molecule has 0 radical (unpaired) electrons. The Hall–Kier alpha value is -2.09. The number of ether oxygens (including phenoxy) is 1. The highest BCUT2D eigenvalue weighted by molar-refractivity contribution is 5.78. The molecule has 26 heavy (non-hydrogen) atoms. The van der Waals surface area contributed by atoms with E-state index in [4.69, 9.17) is 9.26 Å². The molecule has 1 saturated heterocycles. The van der Waals surface area contributed by atoms with E-state index >= 15 is 0 Å². The van der Waals surface area contributed by atoms with Gasteiger partial charge in [0.2, 0.25) is 5.91 Å². The van der Waals surface area contributed by atoms with Crippen molar-refractivity contribution in [3.63, 3.8) is 0 Å². The van der Waals surface area contributed by atoms with Gasteiger partial charge in [-0.2, -0.15) is 0 Å². The molecule has 1 aliphatic rings. The molecule has 0 unspecified atom stereocenters. The van der Waals surface area contributed by atoms with Gasteiger partial charge in [-0.1, -0.05) is 5.16 Å². The van der Waals surface area contributed by atoms with E-state index < -0.39 is 5.60 Å². The van der Waals surface area contributed by atoms with Crippen LogP contribution in [-0.4, -0.2) is 71.8 Å². The van der Waals surface area contributed by atoms with E-state index in [1.807, 2.05) is 34.6 Å². The van der Waals surface area contributed by atoms with Crippen LogP contribution < -0.4 is 5.32 Å². The lowest BCUT2D eigenvalue weighted by molar-refractivity contribution is -0.120. The van der Waals surface area contributed by atoms with E-state index in [1.54, 1.807) is 4.90 Å². The number of hydrogen-bond donors (Lipinski definition) is 1. The van der Waals surface area contributed by atoms with Gasteiger partial charge < -0.3 is 19.5 Å². The molecule has 0 aromatic carbocycles. The first kappa shape index (κ1) is 20.2. The van der Waals surface area contributed by atoms with Gasteiger partial charge in [-0.15, -0.1) is 0 Å². The molecule has 0 bridgehead atoms. The van der Waals surface area contributed by atoms with Crippen LogP contribution in [0.5, 0.6) is 0 Å². The van der Waals surface area contributed by atoms with Crippen molar-refractivity contribution in [1.29, 1.82) is 0 Å². The molecule has 1 aliphatic heterocycles. The number of nitrogens with zero attached hydrogens (tertiary/aromatic N) is 3. The van der Waals surface area contributed by atoms with Crippen LogP contribution in [0, 0.1) is 13.8 Å². The summed E-state index contributed by atoms with van der Waals surface area (Å²) in [6.07, 6.45) is 0.0260. The number of hydrogen-bond acceptors (Lipinski definition) is 6. The van der Waals surface area contributed by atoms with Crippen LogP contribution in [0.4, 0.5) is 4.79 Å². The zero-order chi connectivity index (χ0) is 19.3. The highest BCUT2D eigenvalue weighted by atomic mass is 16.6. The molecule has 8 nitrogen and oxygen atoms in total. The number of aromatic nitrogens is 1. The van der Waals surface area contributed by atoms with Crippen molar-refractivity contribution in [3.8, 4) is 0 Å². The fourth-order valence-corrected chi connectivity index (χ4v) is 2.81. The second-order valence-corrected chi connectivity index (χ2v) is 7.64. The van der Waals surface area contributed by atoms with Crippen molar-refractivity contribution in [2.75, 3.05) is 39.3 Å². The van der Waals surface area contributed by atoms with Crippen LogP contribution in [-0.2, 0) is 16.0 Å². The summed E-state index contributed by atoms with van der Waals surface area (Å²) < 4.78 is 10.5. The molecular weight excluding hydrogens is 336 g/mol. The van der Waals surface area contributed by atoms with Gasteiger partial charge in [-0.25, -0.2) is 4.79 Å². The number of carbonyl (C=O) groups is 2. The summed E-state index contributed by atoms with van der Waals surface area (Å²) in [5.41, 5.74) is 1.14. The van der Waals surface area contributed by atoms with Crippen LogP contribution in [0.15, 0.2) is 4.52 Å². The quantitative estimate of drug-likeness (QED) is 0.850. The second-order valence-electron chi connectivity index (χ2n) is 7.64. The molecule has 0 spiro atoms. The van der Waals surface area contributed by atoms with Gasteiger partial charge in [0.25, 0.3) is 0 Å². The third-order valence-electron chi connectivity index (χ3n) is 4.29. The van der Waals surface area contributed by atoms with Crippen molar-refractivity contribution < 1.29 is 18.8 Å². The zero-order valence-electron chi connectivity index (χ0n) is 16.4. The Morgan fingerprint density at radius 2 is 1.85 bits per heavy atom. The molecule has 8 heteroatoms. The average molecular weight is 366 g/mol. The van der Waals surface area contributed by atoms with Gasteiger partial charge in [0.1, 0.15) is 11.4 Å². The monoisotopic (exact) mass is 366 g/mol. The molecule has 1 fully saturated rings. The SMILES string of the molecule is Cc1noc(C)c1CC(=O)NCCN1CCN(C(=O)OC(C)(C)C)CC1. The summed E-state index contributed by atoms with van der Waals surface area (Å²) in [7, 11) is 0. The van der Waals surface area contributed by atoms with Crippen LogP contribution >= 0.6 is 0 Å². The normalized spacial score (nSPS) is 15.8. The van der Waals surface area contributed by atoms with E-state index in [2.05, 4.69) is 15.4 Å². The lowest BCUT2D eigenvalue weighted by Crippen LogP contribution is -2.51. The molecule has 2 amide bonds. The fourth-order valence-electron chi connectivity index (χ4n) is 2.81. The number of carbonyl (C=O) groups excluding carboxylic acids is 2. The Morgan fingerprint density at radius 1 is 1.19 bits per heavy atom. The van der Waals surface area contributed by atoms with Gasteiger partial charge in [-0.3, -0.25) is 9.69 Å². The second kappa shape index (κ2) is 8.53. The number of aryl methyl sites for hydroxylation is 2. The first-order chi connectivity index (χ1) is 12.2. The highest BCUT2D eigenvalue weighted by Gasteiger charge is 2.25. The smallest absolute Gasteiger partial charge is 0.410 e. The minimum absolute atomic E-state index is 0.0354. The Labute approximate surface area is 154 Å². The predicted molar refractivity (Wildman–Crippen MR) is 96.9 cm³/mol. The maximum atomic E-state index is 12.1. The van der Waals surface area contributed by atoms with Crippen molar-refractivity contribution in [2.24, 2.45) is 0 Å². The predicted octanol–water partition coefficient (Wildman–Crippen LogP) is 1.50. The summed E-state index contributed by atoms with van der Waals surface area (Å²) in [5, 5.41) is 6.79. The van der Waals surface area contributed by atoms with Crippen LogP contribution in [0.3, 0.4) is 0 Å². The highest BCUT2D eigenvalue weighted by Crippen LogP contribution is 2.13. The first-order valence-electron chi connectivity index (χ1n) is 9.04. The average Bonchev–Trinajstić information content (AvgIpc) is 2.86. The summed E-state index contributed by atoms with van der Waals surface area (Å²) in [5.74, 6) is 0.655. The first-order valence-corrected chi connectivity index (χ1v) is 9.04. The molecule has 0 atom stereocenters. The van der Waals surface area contributed by atoms with Crippen LogP contribution in [0.1, 0.15) is 37.8 Å². The Kier molecular flexibility index (Phi) is 6.63. The summed E-state index contributed by atoms with van der Waals surface area (Å²) >= 11 is 0. The van der Waals surface area contributed by atoms with Gasteiger partial charge in [0.15, 0.2) is 0 Å². The Balaban J connectivity index is 1.66. The largest absolute Gasteiger partial charge is 0.444 e. The van der Waals surface area contributed by atoms with Crippen molar-refractivity contribution in [1.82, 2.24) is 20.3 Å². The molecular formula is C18H30N4O4. The van der Waals surface area contributed by atoms with Crippen LogP contribution in [0.25, 0.3) is 0 Å². The third kappa shape index (κ3) is 6.01. The molecule has 146 valence electrons. The van der Waals surface area contributed by atoms with Gasteiger partial charge >= 0.3 is 6.09 Å².